The molecule has 1 fully saturated rings. The van der Waals surface area contributed by atoms with Crippen LogP contribution in [0, 0.1) is 5.82 Å². The Kier molecular flexibility index (Phi) is 7.95. The Morgan fingerprint density at radius 3 is 2.38 bits per heavy atom. The lowest BCUT2D eigenvalue weighted by Crippen LogP contribution is -2.52. The highest BCUT2D eigenvalue weighted by Crippen LogP contribution is 2.43. The molecule has 14 heteroatoms. The van der Waals surface area contributed by atoms with Gasteiger partial charge in [-0.25, -0.2) is 17.2 Å². The number of sulfonamides is 1. The number of likely N-dealkylation sites (N-methyl/N-ethyl adjacent to an activating group) is 1. The summed E-state index contributed by atoms with van der Waals surface area (Å²) < 4.78 is 96.0. The predicted molar refractivity (Wildman–Crippen MR) is 135 cm³/mol. The van der Waals surface area contributed by atoms with Crippen LogP contribution in [0.5, 0.6) is 0 Å². The molecule has 2 aromatic carbocycles. The average molecular weight is 592 g/mol. The third-order valence-electron chi connectivity index (χ3n) is 7.50. The van der Waals surface area contributed by atoms with Crippen LogP contribution in [0.15, 0.2) is 47.4 Å². The summed E-state index contributed by atoms with van der Waals surface area (Å²) in [5.74, 6) is -1.24. The van der Waals surface area contributed by atoms with Gasteiger partial charge in [-0.1, -0.05) is 12.1 Å². The van der Waals surface area contributed by atoms with E-state index in [1.54, 1.807) is 14.0 Å². The van der Waals surface area contributed by atoms with Crippen LogP contribution in [0.2, 0.25) is 0 Å². The van der Waals surface area contributed by atoms with Crippen molar-refractivity contribution in [1.82, 2.24) is 10.2 Å². The van der Waals surface area contributed by atoms with Crippen LogP contribution in [-0.4, -0.2) is 80.1 Å². The standard InChI is InChI=1S/C26H30F5N3O5S/c1-24(36)15-33(2)13-22(24)32-23(35)12-19-7-3-16-11-17(25(37,14-27)26(29,30)31)4-10-21(16)34(19)40(38,39)20-8-5-18(28)6-9-20/h4-6,8-11,19,22,36-37H,3,7,12-15H2,1-2H3,(H,32,35)/t19-,22+,24+,25?/m0/s1. The first-order valence-electron chi connectivity index (χ1n) is 12.5. The van der Waals surface area contributed by atoms with Gasteiger partial charge >= 0.3 is 6.18 Å². The number of halogens is 5. The first-order chi connectivity index (χ1) is 18.5. The van der Waals surface area contributed by atoms with Gasteiger partial charge in [-0.15, -0.1) is 0 Å². The van der Waals surface area contributed by atoms with E-state index in [2.05, 4.69) is 5.32 Å². The Morgan fingerprint density at radius 1 is 1.18 bits per heavy atom. The molecule has 2 heterocycles. The van der Waals surface area contributed by atoms with Gasteiger partial charge in [0.1, 0.15) is 12.5 Å². The molecule has 0 bridgehead atoms. The summed E-state index contributed by atoms with van der Waals surface area (Å²) in [6.45, 7) is 0.102. The van der Waals surface area contributed by atoms with Gasteiger partial charge in [-0.05, 0) is 68.3 Å². The number of alkyl halides is 4. The van der Waals surface area contributed by atoms with E-state index in [0.29, 0.717) is 13.1 Å². The Morgan fingerprint density at radius 2 is 1.82 bits per heavy atom. The fraction of sp³-hybridized carbons (Fsp3) is 0.500. The molecular weight excluding hydrogens is 561 g/mol. The van der Waals surface area contributed by atoms with Gasteiger partial charge in [0.05, 0.1) is 28.3 Å². The second-order valence-electron chi connectivity index (χ2n) is 10.7. The molecule has 2 aliphatic rings. The molecule has 0 aromatic heterocycles. The van der Waals surface area contributed by atoms with Crippen LogP contribution < -0.4 is 9.62 Å². The maximum absolute atomic E-state index is 13.8. The molecule has 0 saturated carbocycles. The molecule has 40 heavy (non-hydrogen) atoms. The zero-order valence-corrected chi connectivity index (χ0v) is 22.6. The van der Waals surface area contributed by atoms with Gasteiger partial charge in [-0.3, -0.25) is 9.10 Å². The van der Waals surface area contributed by atoms with Gasteiger partial charge in [0.15, 0.2) is 0 Å². The second-order valence-corrected chi connectivity index (χ2v) is 12.5. The topological polar surface area (TPSA) is 110 Å². The number of hydrogen-bond donors (Lipinski definition) is 3. The van der Waals surface area contributed by atoms with Crippen molar-refractivity contribution >= 4 is 21.6 Å². The zero-order valence-electron chi connectivity index (χ0n) is 21.8. The second kappa shape index (κ2) is 10.5. The molecule has 2 aromatic rings. The minimum absolute atomic E-state index is 0.00529. The zero-order chi connectivity index (χ0) is 29.7. The summed E-state index contributed by atoms with van der Waals surface area (Å²) >= 11 is 0. The number of hydrogen-bond acceptors (Lipinski definition) is 6. The Labute approximate surface area is 228 Å². The van der Waals surface area contributed by atoms with Crippen LogP contribution in [0.3, 0.4) is 0 Å². The highest BCUT2D eigenvalue weighted by atomic mass is 32.2. The lowest BCUT2D eigenvalue weighted by Gasteiger charge is -2.39. The Bertz CT molecular complexity index is 1370. The molecule has 8 nitrogen and oxygen atoms in total. The third kappa shape index (κ3) is 5.54. The van der Waals surface area contributed by atoms with Crippen molar-refractivity contribution in [2.45, 2.75) is 60.5 Å². The Balaban J connectivity index is 1.72. The quantitative estimate of drug-likeness (QED) is 0.428. The number of nitrogens with zero attached hydrogens (tertiary/aromatic N) is 2. The highest BCUT2D eigenvalue weighted by Gasteiger charge is 2.55. The number of anilines is 1. The average Bonchev–Trinajstić information content (AvgIpc) is 3.12. The number of fused-ring (bicyclic) bond motifs is 1. The number of nitrogens with one attached hydrogen (secondary N) is 1. The van der Waals surface area contributed by atoms with Crippen molar-refractivity contribution in [3.8, 4) is 0 Å². The van der Waals surface area contributed by atoms with E-state index in [9.17, 15) is 45.4 Å². The van der Waals surface area contributed by atoms with E-state index >= 15 is 0 Å². The minimum Gasteiger partial charge on any atom is -0.387 e. The molecule has 2 aliphatic heterocycles. The smallest absolute Gasteiger partial charge is 0.387 e. The number of carbonyl (C=O) groups excluding carboxylic acids is 1. The summed E-state index contributed by atoms with van der Waals surface area (Å²) in [6, 6.07) is 5.08. The molecule has 1 saturated heterocycles. The summed E-state index contributed by atoms with van der Waals surface area (Å²) in [4.78, 5) is 14.6. The van der Waals surface area contributed by atoms with Gasteiger partial charge < -0.3 is 20.4 Å². The SMILES string of the molecule is CN1C[C@@H](NC(=O)C[C@@H]2CCc3cc(C(O)(CF)C(F)(F)F)ccc3N2S(=O)(=O)c2ccc(F)cc2)[C@](C)(O)C1. The number of rotatable bonds is 7. The molecule has 3 N–H and O–H groups in total. The van der Waals surface area contributed by atoms with E-state index in [0.717, 1.165) is 46.8 Å². The van der Waals surface area contributed by atoms with Crippen molar-refractivity contribution in [2.24, 2.45) is 0 Å². The summed E-state index contributed by atoms with van der Waals surface area (Å²) in [6.07, 6.45) is -5.64. The van der Waals surface area contributed by atoms with Crippen molar-refractivity contribution in [2.75, 3.05) is 31.1 Å². The molecular formula is C26H30F5N3O5S. The number of likely N-dealkylation sites (tertiary alicyclic amines) is 1. The minimum atomic E-state index is -5.33. The molecule has 4 rings (SSSR count). The molecule has 0 aliphatic carbocycles. The number of aliphatic hydroxyl groups is 2. The third-order valence-corrected chi connectivity index (χ3v) is 9.38. The fourth-order valence-electron chi connectivity index (χ4n) is 5.34. The van der Waals surface area contributed by atoms with E-state index in [1.807, 2.05) is 4.90 Å². The van der Waals surface area contributed by atoms with Crippen LogP contribution in [0.4, 0.5) is 27.6 Å². The van der Waals surface area contributed by atoms with Crippen molar-refractivity contribution in [1.29, 1.82) is 0 Å². The summed E-state index contributed by atoms with van der Waals surface area (Å²) in [7, 11) is -2.69. The van der Waals surface area contributed by atoms with E-state index in [-0.39, 0.29) is 35.4 Å². The highest BCUT2D eigenvalue weighted by molar-refractivity contribution is 7.92. The molecule has 1 amide bonds. The molecule has 0 radical (unpaired) electrons. The summed E-state index contributed by atoms with van der Waals surface area (Å²) in [5.41, 5.74) is -5.75. The van der Waals surface area contributed by atoms with E-state index in [4.69, 9.17) is 0 Å². The van der Waals surface area contributed by atoms with Crippen LogP contribution in [0.1, 0.15) is 30.9 Å². The number of carbonyl (C=O) groups is 1. The van der Waals surface area contributed by atoms with E-state index < -0.39 is 63.4 Å². The molecule has 4 atom stereocenters. The molecule has 220 valence electrons. The lowest BCUT2D eigenvalue weighted by atomic mass is 9.88. The predicted octanol–water partition coefficient (Wildman–Crippen LogP) is 2.63. The number of aryl methyl sites for hydroxylation is 1. The number of β-amino-alcohol motifs (C(OH)–C–C–N with tert-alkyl or cyclic N) is 1. The van der Waals surface area contributed by atoms with E-state index in [1.165, 1.54) is 0 Å². The normalized spacial score (nSPS) is 25.4. The molecule has 0 spiro atoms. The first-order valence-corrected chi connectivity index (χ1v) is 13.9. The monoisotopic (exact) mass is 591 g/mol. The largest absolute Gasteiger partial charge is 0.424 e. The first kappa shape index (κ1) is 30.2. The lowest BCUT2D eigenvalue weighted by molar-refractivity contribution is -0.271. The van der Waals surface area contributed by atoms with Gasteiger partial charge in [0.2, 0.25) is 11.5 Å². The van der Waals surface area contributed by atoms with Crippen LogP contribution in [0.25, 0.3) is 0 Å². The van der Waals surface area contributed by atoms with Crippen molar-refractivity contribution in [3.05, 3.63) is 59.4 Å². The van der Waals surface area contributed by atoms with Crippen molar-refractivity contribution < 1.29 is 45.4 Å². The van der Waals surface area contributed by atoms with Gasteiger partial charge in [0, 0.05) is 19.5 Å². The van der Waals surface area contributed by atoms with Crippen molar-refractivity contribution in [3.63, 3.8) is 0 Å². The summed E-state index contributed by atoms with van der Waals surface area (Å²) in [5, 5.41) is 23.4. The Hall–Kier alpha value is -2.81. The van der Waals surface area contributed by atoms with Gasteiger partial charge in [0.25, 0.3) is 10.0 Å². The number of amides is 1. The maximum atomic E-state index is 13.8. The van der Waals surface area contributed by atoms with Gasteiger partial charge in [-0.2, -0.15) is 13.2 Å². The molecule has 1 unspecified atom stereocenters. The van der Waals surface area contributed by atoms with Crippen LogP contribution in [-0.2, 0) is 26.8 Å². The fourth-order valence-corrected chi connectivity index (χ4v) is 7.06. The van der Waals surface area contributed by atoms with Crippen LogP contribution >= 0.6 is 0 Å². The number of benzene rings is 2. The maximum Gasteiger partial charge on any atom is 0.424 e.